The molecule has 0 amide bonds. The van der Waals surface area contributed by atoms with Crippen molar-refractivity contribution in [2.75, 3.05) is 7.11 Å². The molecule has 0 fully saturated rings. The van der Waals surface area contributed by atoms with Crippen molar-refractivity contribution in [3.63, 3.8) is 0 Å². The van der Waals surface area contributed by atoms with E-state index in [0.29, 0.717) is 17.7 Å². The second-order valence-corrected chi connectivity index (χ2v) is 2.35. The minimum absolute atomic E-state index is 0.0555. The number of carbonyl (C=O) groups is 1. The molecule has 1 heterocycles. The third-order valence-corrected chi connectivity index (χ3v) is 1.62. The standard InChI is InChI=1S/C9H11NO2/c1-3-8(11)7-6-10-5-4-9(7)12-2/h4-6H,3H2,1-2H3. The summed E-state index contributed by atoms with van der Waals surface area (Å²) >= 11 is 0. The van der Waals surface area contributed by atoms with E-state index in [1.54, 1.807) is 19.4 Å². The Bertz CT molecular complexity index is 284. The van der Waals surface area contributed by atoms with Crippen molar-refractivity contribution in [3.8, 4) is 5.75 Å². The Morgan fingerprint density at radius 2 is 2.42 bits per heavy atom. The van der Waals surface area contributed by atoms with Gasteiger partial charge in [-0.2, -0.15) is 0 Å². The van der Waals surface area contributed by atoms with Gasteiger partial charge in [-0.15, -0.1) is 0 Å². The van der Waals surface area contributed by atoms with Crippen molar-refractivity contribution in [1.29, 1.82) is 0 Å². The molecule has 1 aromatic heterocycles. The Morgan fingerprint density at radius 3 is 3.00 bits per heavy atom. The van der Waals surface area contributed by atoms with Crippen LogP contribution in [0, 0.1) is 0 Å². The first-order chi connectivity index (χ1) is 5.79. The molecule has 0 unspecified atom stereocenters. The van der Waals surface area contributed by atoms with Gasteiger partial charge in [0.1, 0.15) is 5.75 Å². The van der Waals surface area contributed by atoms with Crippen molar-refractivity contribution in [3.05, 3.63) is 24.0 Å². The molecule has 0 atom stereocenters. The number of Topliss-reactive ketones (excluding diaryl/α,β-unsaturated/α-hetero) is 1. The first kappa shape index (κ1) is 8.71. The van der Waals surface area contributed by atoms with Crippen molar-refractivity contribution >= 4 is 5.78 Å². The quantitative estimate of drug-likeness (QED) is 0.640. The summed E-state index contributed by atoms with van der Waals surface area (Å²) in [6.07, 6.45) is 3.61. The van der Waals surface area contributed by atoms with Crippen molar-refractivity contribution < 1.29 is 9.53 Å². The number of aromatic nitrogens is 1. The fourth-order valence-corrected chi connectivity index (χ4v) is 0.960. The average Bonchev–Trinajstić information content (AvgIpc) is 2.16. The summed E-state index contributed by atoms with van der Waals surface area (Å²) < 4.78 is 5.01. The number of rotatable bonds is 3. The van der Waals surface area contributed by atoms with Crippen molar-refractivity contribution in [2.45, 2.75) is 13.3 Å². The van der Waals surface area contributed by atoms with Crippen LogP contribution in [0.15, 0.2) is 18.5 Å². The van der Waals surface area contributed by atoms with Gasteiger partial charge >= 0.3 is 0 Å². The fraction of sp³-hybridized carbons (Fsp3) is 0.333. The van der Waals surface area contributed by atoms with E-state index in [2.05, 4.69) is 4.98 Å². The molecule has 12 heavy (non-hydrogen) atoms. The van der Waals surface area contributed by atoms with Crippen molar-refractivity contribution in [1.82, 2.24) is 4.98 Å². The molecule has 0 aliphatic carbocycles. The van der Waals surface area contributed by atoms with Crippen LogP contribution in [-0.4, -0.2) is 17.9 Å². The predicted octanol–water partition coefficient (Wildman–Crippen LogP) is 1.68. The third kappa shape index (κ3) is 1.61. The number of methoxy groups -OCH3 is 1. The number of hydrogen-bond donors (Lipinski definition) is 0. The van der Waals surface area contributed by atoms with Gasteiger partial charge in [0.25, 0.3) is 0 Å². The van der Waals surface area contributed by atoms with Crippen molar-refractivity contribution in [2.24, 2.45) is 0 Å². The predicted molar refractivity (Wildman–Crippen MR) is 45.4 cm³/mol. The highest BCUT2D eigenvalue weighted by molar-refractivity contribution is 5.98. The van der Waals surface area contributed by atoms with Crippen LogP contribution in [0.1, 0.15) is 23.7 Å². The Balaban J connectivity index is 3.04. The molecule has 64 valence electrons. The van der Waals surface area contributed by atoms with E-state index in [-0.39, 0.29) is 5.78 Å². The van der Waals surface area contributed by atoms with Gasteiger partial charge in [0.05, 0.1) is 12.7 Å². The average molecular weight is 165 g/mol. The highest BCUT2D eigenvalue weighted by Crippen LogP contribution is 2.17. The lowest BCUT2D eigenvalue weighted by atomic mass is 10.1. The van der Waals surface area contributed by atoms with Gasteiger partial charge in [0.15, 0.2) is 5.78 Å². The van der Waals surface area contributed by atoms with Gasteiger partial charge in [-0.3, -0.25) is 9.78 Å². The van der Waals surface area contributed by atoms with Crippen LogP contribution in [0.2, 0.25) is 0 Å². The summed E-state index contributed by atoms with van der Waals surface area (Å²) in [5.41, 5.74) is 0.558. The van der Waals surface area contributed by atoms with Gasteiger partial charge < -0.3 is 4.74 Å². The molecule has 0 bridgehead atoms. The number of ketones is 1. The second-order valence-electron chi connectivity index (χ2n) is 2.35. The molecule has 1 aromatic rings. The molecule has 0 N–H and O–H groups in total. The number of pyridine rings is 1. The number of hydrogen-bond acceptors (Lipinski definition) is 3. The van der Waals surface area contributed by atoms with Gasteiger partial charge in [-0.1, -0.05) is 6.92 Å². The Morgan fingerprint density at radius 1 is 1.67 bits per heavy atom. The molecule has 1 rings (SSSR count). The minimum Gasteiger partial charge on any atom is -0.496 e. The number of ether oxygens (including phenoxy) is 1. The Kier molecular flexibility index (Phi) is 2.80. The molecule has 0 aromatic carbocycles. The van der Waals surface area contributed by atoms with Crippen LogP contribution in [0.3, 0.4) is 0 Å². The molecule has 0 aliphatic rings. The maximum atomic E-state index is 11.3. The zero-order chi connectivity index (χ0) is 8.97. The summed E-state index contributed by atoms with van der Waals surface area (Å²) in [6, 6.07) is 1.68. The van der Waals surface area contributed by atoms with Crippen LogP contribution >= 0.6 is 0 Å². The van der Waals surface area contributed by atoms with E-state index in [1.165, 1.54) is 6.20 Å². The van der Waals surface area contributed by atoms with E-state index in [0.717, 1.165) is 0 Å². The lowest BCUT2D eigenvalue weighted by Crippen LogP contribution is -2.00. The lowest BCUT2D eigenvalue weighted by molar-refractivity contribution is 0.0985. The first-order valence-corrected chi connectivity index (χ1v) is 3.80. The van der Waals surface area contributed by atoms with E-state index in [4.69, 9.17) is 4.74 Å². The summed E-state index contributed by atoms with van der Waals surface area (Å²) in [4.78, 5) is 15.1. The summed E-state index contributed by atoms with van der Waals surface area (Å²) in [6.45, 7) is 1.81. The minimum atomic E-state index is 0.0555. The van der Waals surface area contributed by atoms with E-state index >= 15 is 0 Å². The molecule has 0 aliphatic heterocycles. The van der Waals surface area contributed by atoms with Gasteiger partial charge in [-0.25, -0.2) is 0 Å². The van der Waals surface area contributed by atoms with Crippen LogP contribution in [0.5, 0.6) is 5.75 Å². The molecule has 0 saturated carbocycles. The molecule has 3 heteroatoms. The zero-order valence-corrected chi connectivity index (χ0v) is 7.20. The van der Waals surface area contributed by atoms with Gasteiger partial charge in [0.2, 0.25) is 0 Å². The molecular weight excluding hydrogens is 154 g/mol. The summed E-state index contributed by atoms with van der Waals surface area (Å²) in [5, 5.41) is 0. The fourth-order valence-electron chi connectivity index (χ4n) is 0.960. The number of carbonyl (C=O) groups excluding carboxylic acids is 1. The highest BCUT2D eigenvalue weighted by Gasteiger charge is 2.08. The maximum Gasteiger partial charge on any atom is 0.167 e. The van der Waals surface area contributed by atoms with Crippen LogP contribution in [-0.2, 0) is 0 Å². The van der Waals surface area contributed by atoms with Gasteiger partial charge in [-0.05, 0) is 6.07 Å². The molecule has 0 saturated heterocycles. The van der Waals surface area contributed by atoms with Crippen LogP contribution in [0.4, 0.5) is 0 Å². The Labute approximate surface area is 71.4 Å². The first-order valence-electron chi connectivity index (χ1n) is 3.80. The smallest absolute Gasteiger partial charge is 0.167 e. The maximum absolute atomic E-state index is 11.3. The van der Waals surface area contributed by atoms with E-state index in [9.17, 15) is 4.79 Å². The second kappa shape index (κ2) is 3.85. The molecule has 0 radical (unpaired) electrons. The Hall–Kier alpha value is -1.38. The topological polar surface area (TPSA) is 39.2 Å². The SMILES string of the molecule is CCC(=O)c1cnccc1OC. The largest absolute Gasteiger partial charge is 0.496 e. The van der Waals surface area contributed by atoms with Gasteiger partial charge in [0, 0.05) is 18.8 Å². The normalized spacial score (nSPS) is 9.50. The van der Waals surface area contributed by atoms with Crippen LogP contribution < -0.4 is 4.74 Å². The summed E-state index contributed by atoms with van der Waals surface area (Å²) in [7, 11) is 1.54. The van der Waals surface area contributed by atoms with Crippen LogP contribution in [0.25, 0.3) is 0 Å². The lowest BCUT2D eigenvalue weighted by Gasteiger charge is -2.03. The monoisotopic (exact) mass is 165 g/mol. The van der Waals surface area contributed by atoms with E-state index in [1.807, 2.05) is 6.92 Å². The highest BCUT2D eigenvalue weighted by atomic mass is 16.5. The molecule has 0 spiro atoms. The third-order valence-electron chi connectivity index (χ3n) is 1.62. The summed E-state index contributed by atoms with van der Waals surface area (Å²) in [5.74, 6) is 0.650. The van der Waals surface area contributed by atoms with E-state index < -0.39 is 0 Å². The number of nitrogens with zero attached hydrogens (tertiary/aromatic N) is 1. The molecule has 3 nitrogen and oxygen atoms in total. The molecular formula is C9H11NO2. The zero-order valence-electron chi connectivity index (χ0n) is 7.20.